The summed E-state index contributed by atoms with van der Waals surface area (Å²) < 4.78 is 7.35. The number of ether oxygens (including phenoxy) is 1. The molecule has 0 unspecified atom stereocenters. The third-order valence-electron chi connectivity index (χ3n) is 3.25. The number of nitrogens with zero attached hydrogens (tertiary/aromatic N) is 3. The van der Waals surface area contributed by atoms with Crippen LogP contribution in [0.1, 0.15) is 19.4 Å². The number of urea groups is 1. The Bertz CT molecular complexity index is 432. The van der Waals surface area contributed by atoms with E-state index in [1.54, 1.807) is 0 Å². The summed E-state index contributed by atoms with van der Waals surface area (Å²) in [5.41, 5.74) is 1.13. The van der Waals surface area contributed by atoms with Crippen molar-refractivity contribution in [3.05, 3.63) is 18.0 Å². The highest BCUT2D eigenvalue weighted by Gasteiger charge is 2.27. The Hall–Kier alpha value is -1.56. The molecule has 1 fully saturated rings. The van der Waals surface area contributed by atoms with Crippen molar-refractivity contribution in [1.82, 2.24) is 20.0 Å². The number of hydrogen-bond acceptors (Lipinski definition) is 3. The van der Waals surface area contributed by atoms with E-state index < -0.39 is 0 Å². The first-order valence-corrected chi connectivity index (χ1v) is 6.71. The van der Waals surface area contributed by atoms with E-state index >= 15 is 0 Å². The van der Waals surface area contributed by atoms with Gasteiger partial charge in [-0.25, -0.2) is 4.79 Å². The van der Waals surface area contributed by atoms with Crippen LogP contribution in [0.2, 0.25) is 0 Å². The zero-order chi connectivity index (χ0) is 13.8. The first-order valence-electron chi connectivity index (χ1n) is 6.71. The summed E-state index contributed by atoms with van der Waals surface area (Å²) in [5, 5.41) is 7.12. The number of morpholine rings is 1. The first kappa shape index (κ1) is 13.9. The second-order valence-electron chi connectivity index (χ2n) is 5.16. The number of hydrogen-bond donors (Lipinski definition) is 1. The van der Waals surface area contributed by atoms with Crippen LogP contribution < -0.4 is 5.32 Å². The van der Waals surface area contributed by atoms with Crippen molar-refractivity contribution in [2.45, 2.75) is 39.5 Å². The molecule has 0 bridgehead atoms. The summed E-state index contributed by atoms with van der Waals surface area (Å²) in [6.07, 6.45) is 3.88. The fourth-order valence-corrected chi connectivity index (χ4v) is 2.15. The Balaban J connectivity index is 1.77. The van der Waals surface area contributed by atoms with E-state index in [4.69, 9.17) is 4.74 Å². The van der Waals surface area contributed by atoms with Gasteiger partial charge in [-0.05, 0) is 26.3 Å². The summed E-state index contributed by atoms with van der Waals surface area (Å²) in [5.74, 6) is 0. The van der Waals surface area contributed by atoms with Gasteiger partial charge in [0.25, 0.3) is 0 Å². The minimum Gasteiger partial charge on any atom is -0.375 e. The van der Waals surface area contributed by atoms with E-state index in [9.17, 15) is 4.79 Å². The van der Waals surface area contributed by atoms with Gasteiger partial charge in [0.15, 0.2) is 0 Å². The minimum atomic E-state index is -0.0217. The molecule has 1 aliphatic heterocycles. The van der Waals surface area contributed by atoms with Crippen molar-refractivity contribution in [2.24, 2.45) is 0 Å². The Morgan fingerprint density at radius 1 is 1.58 bits per heavy atom. The van der Waals surface area contributed by atoms with E-state index in [1.807, 2.05) is 42.7 Å². The molecular weight excluding hydrogens is 244 g/mol. The predicted molar refractivity (Wildman–Crippen MR) is 71.9 cm³/mol. The van der Waals surface area contributed by atoms with Gasteiger partial charge in [0.05, 0.1) is 31.5 Å². The number of rotatable bonds is 3. The number of aromatic nitrogens is 2. The van der Waals surface area contributed by atoms with E-state index in [1.165, 1.54) is 0 Å². The number of carbonyl (C=O) groups is 1. The number of aryl methyl sites for hydroxylation is 1. The van der Waals surface area contributed by atoms with Gasteiger partial charge in [0.1, 0.15) is 0 Å². The molecule has 2 rings (SSSR count). The first-order chi connectivity index (χ1) is 9.06. The molecule has 0 aliphatic carbocycles. The average molecular weight is 266 g/mol. The molecule has 1 saturated heterocycles. The van der Waals surface area contributed by atoms with Gasteiger partial charge in [-0.2, -0.15) is 5.10 Å². The molecule has 1 aromatic heterocycles. The molecule has 19 heavy (non-hydrogen) atoms. The fraction of sp³-hybridized carbons (Fsp3) is 0.692. The lowest BCUT2D eigenvalue weighted by Crippen LogP contribution is -2.53. The Labute approximate surface area is 113 Å². The lowest BCUT2D eigenvalue weighted by Gasteiger charge is -2.36. The van der Waals surface area contributed by atoms with Crippen LogP contribution in [0.3, 0.4) is 0 Å². The molecule has 0 saturated carbocycles. The second-order valence-corrected chi connectivity index (χ2v) is 5.16. The van der Waals surface area contributed by atoms with Gasteiger partial charge < -0.3 is 15.0 Å². The van der Waals surface area contributed by atoms with Gasteiger partial charge in [-0.15, -0.1) is 0 Å². The summed E-state index contributed by atoms with van der Waals surface area (Å²) in [6.45, 7) is 8.51. The van der Waals surface area contributed by atoms with E-state index in [0.29, 0.717) is 26.2 Å². The smallest absolute Gasteiger partial charge is 0.317 e. The van der Waals surface area contributed by atoms with Crippen molar-refractivity contribution < 1.29 is 9.53 Å². The summed E-state index contributed by atoms with van der Waals surface area (Å²) in [7, 11) is 0. The Morgan fingerprint density at radius 3 is 3.05 bits per heavy atom. The topological polar surface area (TPSA) is 59.4 Å². The maximum atomic E-state index is 12.1. The van der Waals surface area contributed by atoms with Crippen LogP contribution in [0.4, 0.5) is 4.79 Å². The maximum Gasteiger partial charge on any atom is 0.317 e. The van der Waals surface area contributed by atoms with Gasteiger partial charge in [-0.1, -0.05) is 0 Å². The quantitative estimate of drug-likeness (QED) is 0.888. The molecule has 1 aliphatic rings. The lowest BCUT2D eigenvalue weighted by molar-refractivity contribution is -0.0317. The highest BCUT2D eigenvalue weighted by Crippen LogP contribution is 2.11. The van der Waals surface area contributed by atoms with Crippen LogP contribution in [0.25, 0.3) is 0 Å². The van der Waals surface area contributed by atoms with Crippen molar-refractivity contribution >= 4 is 6.03 Å². The summed E-state index contributed by atoms with van der Waals surface area (Å²) in [4.78, 5) is 13.9. The number of nitrogens with one attached hydrogen (secondary N) is 1. The Kier molecular flexibility index (Phi) is 4.42. The zero-order valence-electron chi connectivity index (χ0n) is 11.8. The highest BCUT2D eigenvalue weighted by atomic mass is 16.5. The molecule has 1 N–H and O–H groups in total. The largest absolute Gasteiger partial charge is 0.375 e. The van der Waals surface area contributed by atoms with Crippen molar-refractivity contribution in [1.29, 1.82) is 0 Å². The van der Waals surface area contributed by atoms with Crippen LogP contribution in [-0.4, -0.2) is 52.6 Å². The van der Waals surface area contributed by atoms with Crippen LogP contribution in [0.5, 0.6) is 0 Å². The molecule has 6 heteroatoms. The van der Waals surface area contributed by atoms with Crippen LogP contribution in [0, 0.1) is 6.92 Å². The van der Waals surface area contributed by atoms with Crippen LogP contribution in [-0.2, 0) is 11.3 Å². The molecule has 2 heterocycles. The Morgan fingerprint density at radius 2 is 2.37 bits per heavy atom. The normalized spacial score (nSPS) is 23.4. The van der Waals surface area contributed by atoms with Gasteiger partial charge >= 0.3 is 6.03 Å². The minimum absolute atomic E-state index is 0.0217. The molecule has 106 valence electrons. The molecule has 0 aromatic carbocycles. The molecule has 1 aromatic rings. The molecular formula is C13H22N4O2. The van der Waals surface area contributed by atoms with Crippen LogP contribution in [0.15, 0.2) is 12.4 Å². The van der Waals surface area contributed by atoms with E-state index in [-0.39, 0.29) is 18.2 Å². The van der Waals surface area contributed by atoms with E-state index in [0.717, 1.165) is 5.56 Å². The molecule has 0 spiro atoms. The molecule has 2 atom stereocenters. The second kappa shape index (κ2) is 6.06. The van der Waals surface area contributed by atoms with Crippen molar-refractivity contribution in [3.63, 3.8) is 0 Å². The fourth-order valence-electron chi connectivity index (χ4n) is 2.15. The third-order valence-corrected chi connectivity index (χ3v) is 3.25. The number of carbonyl (C=O) groups excluding carboxylic acids is 1. The van der Waals surface area contributed by atoms with E-state index in [2.05, 4.69) is 10.4 Å². The zero-order valence-corrected chi connectivity index (χ0v) is 11.8. The van der Waals surface area contributed by atoms with Crippen molar-refractivity contribution in [3.8, 4) is 0 Å². The molecule has 0 radical (unpaired) electrons. The van der Waals surface area contributed by atoms with Crippen LogP contribution >= 0.6 is 0 Å². The maximum absolute atomic E-state index is 12.1. The van der Waals surface area contributed by atoms with Gasteiger partial charge in [0, 0.05) is 19.3 Å². The van der Waals surface area contributed by atoms with Crippen molar-refractivity contribution in [2.75, 3.05) is 19.7 Å². The summed E-state index contributed by atoms with van der Waals surface area (Å²) in [6, 6.07) is 0.106. The highest BCUT2D eigenvalue weighted by molar-refractivity contribution is 5.74. The monoisotopic (exact) mass is 266 g/mol. The van der Waals surface area contributed by atoms with Gasteiger partial charge in [-0.3, -0.25) is 4.68 Å². The SMILES string of the molecule is Cc1cnn(CCNC(=O)N2C[C@H](C)OC[C@@H]2C)c1. The standard InChI is InChI=1S/C13H22N4O2/c1-10-6-15-16(7-10)5-4-14-13(18)17-8-12(3)19-9-11(17)2/h6-7,11-12H,4-5,8-9H2,1-3H3,(H,14,18)/t11-,12-/m0/s1. The summed E-state index contributed by atoms with van der Waals surface area (Å²) >= 11 is 0. The van der Waals surface area contributed by atoms with Gasteiger partial charge in [0.2, 0.25) is 0 Å². The molecule has 2 amide bonds. The average Bonchev–Trinajstić information content (AvgIpc) is 2.78. The lowest BCUT2D eigenvalue weighted by atomic mass is 10.2. The molecule has 6 nitrogen and oxygen atoms in total. The predicted octanol–water partition coefficient (Wildman–Crippen LogP) is 1.01. The third kappa shape index (κ3) is 3.70. The number of amides is 2.